The Balaban J connectivity index is 0. The van der Waals surface area contributed by atoms with Crippen molar-refractivity contribution in [3.63, 3.8) is 0 Å². The maximum Gasteiger partial charge on any atom is 0.151 e. The Kier molecular flexibility index (Phi) is 11.1. The van der Waals surface area contributed by atoms with Gasteiger partial charge in [0.15, 0.2) is 5.17 Å². The van der Waals surface area contributed by atoms with E-state index in [1.165, 1.54) is 18.2 Å². The third kappa shape index (κ3) is 12.7. The maximum atomic E-state index is 6.94. The Labute approximate surface area is 85.0 Å². The average Bonchev–Trinajstić information content (AvgIpc) is 1.85. The number of thioether (sulfide) groups is 1. The fourth-order valence-corrected chi connectivity index (χ4v) is 1.28. The lowest BCUT2D eigenvalue weighted by Crippen LogP contribution is -2.13. The van der Waals surface area contributed by atoms with Crippen LogP contribution in [0.3, 0.4) is 0 Å². The Morgan fingerprint density at radius 3 is 2.42 bits per heavy atom. The molecule has 0 aliphatic carbocycles. The van der Waals surface area contributed by atoms with Gasteiger partial charge in [0.1, 0.15) is 0 Å². The van der Waals surface area contributed by atoms with Crippen LogP contribution in [0.1, 0.15) is 12.8 Å². The van der Waals surface area contributed by atoms with Crippen LogP contribution < -0.4 is 5.73 Å². The van der Waals surface area contributed by atoms with Crippen LogP contribution in [-0.4, -0.2) is 36.5 Å². The van der Waals surface area contributed by atoms with Crippen molar-refractivity contribution in [1.82, 2.24) is 4.90 Å². The molecule has 12 heavy (non-hydrogen) atoms. The lowest BCUT2D eigenvalue weighted by Gasteiger charge is -2.07. The summed E-state index contributed by atoms with van der Waals surface area (Å²) in [6, 6.07) is 0. The number of nitrogens with one attached hydrogen (secondary N) is 1. The molecular weight excluding hydrogens is 194 g/mol. The molecule has 0 radical (unpaired) electrons. The molecule has 0 fully saturated rings. The molecule has 0 saturated carbocycles. The second kappa shape index (κ2) is 9.16. The van der Waals surface area contributed by atoms with Gasteiger partial charge in [0, 0.05) is 5.75 Å². The topological polar surface area (TPSA) is 53.1 Å². The molecule has 0 spiro atoms. The van der Waals surface area contributed by atoms with Gasteiger partial charge in [0.25, 0.3) is 0 Å². The molecule has 74 valence electrons. The van der Waals surface area contributed by atoms with Crippen LogP contribution in [0.25, 0.3) is 0 Å². The summed E-state index contributed by atoms with van der Waals surface area (Å²) < 4.78 is 0. The van der Waals surface area contributed by atoms with Gasteiger partial charge in [-0.1, -0.05) is 11.8 Å². The first kappa shape index (κ1) is 14.6. The molecule has 0 saturated heterocycles. The van der Waals surface area contributed by atoms with E-state index in [0.29, 0.717) is 0 Å². The van der Waals surface area contributed by atoms with E-state index in [9.17, 15) is 0 Å². The van der Waals surface area contributed by atoms with Crippen molar-refractivity contribution in [3.05, 3.63) is 0 Å². The van der Waals surface area contributed by atoms with Crippen LogP contribution in [0.15, 0.2) is 0 Å². The van der Waals surface area contributed by atoms with Gasteiger partial charge in [-0.3, -0.25) is 5.41 Å². The van der Waals surface area contributed by atoms with Crippen LogP contribution in [0.5, 0.6) is 0 Å². The fourth-order valence-electron chi connectivity index (χ4n) is 0.712. The highest BCUT2D eigenvalue weighted by Crippen LogP contribution is 2.02. The number of unbranched alkanes of at least 4 members (excludes halogenated alkanes) is 1. The third-order valence-electron chi connectivity index (χ3n) is 1.26. The third-order valence-corrected chi connectivity index (χ3v) is 2.06. The quantitative estimate of drug-likeness (QED) is 0.411. The van der Waals surface area contributed by atoms with Crippen LogP contribution in [-0.2, 0) is 0 Å². The fraction of sp³-hybridized carbons (Fsp3) is 0.857. The van der Waals surface area contributed by atoms with Gasteiger partial charge in [0.05, 0.1) is 0 Å². The van der Waals surface area contributed by atoms with E-state index in [1.807, 2.05) is 0 Å². The van der Waals surface area contributed by atoms with Gasteiger partial charge in [-0.2, -0.15) is 0 Å². The Morgan fingerprint density at radius 2 is 2.00 bits per heavy atom. The molecule has 5 heteroatoms. The van der Waals surface area contributed by atoms with Gasteiger partial charge in [-0.15, -0.1) is 12.4 Å². The molecule has 0 aromatic carbocycles. The van der Waals surface area contributed by atoms with Crippen LogP contribution >= 0.6 is 24.2 Å². The zero-order valence-corrected chi connectivity index (χ0v) is 9.30. The molecule has 0 aromatic heterocycles. The first-order valence-corrected chi connectivity index (χ1v) is 4.73. The minimum Gasteiger partial charge on any atom is -0.379 e. The highest BCUT2D eigenvalue weighted by molar-refractivity contribution is 8.13. The minimum absolute atomic E-state index is 0. The molecular formula is C7H18ClN3S. The molecule has 0 unspecified atom stereocenters. The van der Waals surface area contributed by atoms with Gasteiger partial charge in [0.2, 0.25) is 0 Å². The lowest BCUT2D eigenvalue weighted by atomic mass is 10.3. The molecule has 3 N–H and O–H groups in total. The second-order valence-electron chi connectivity index (χ2n) is 2.72. The van der Waals surface area contributed by atoms with Gasteiger partial charge >= 0.3 is 0 Å². The maximum absolute atomic E-state index is 6.94. The summed E-state index contributed by atoms with van der Waals surface area (Å²) in [5, 5.41) is 7.18. The predicted octanol–water partition coefficient (Wildman–Crippen LogP) is 1.38. The number of amidine groups is 1. The van der Waals surface area contributed by atoms with Crippen LogP contribution in [0.2, 0.25) is 0 Å². The summed E-state index contributed by atoms with van der Waals surface area (Å²) in [6.45, 7) is 1.12. The number of hydrogen-bond donors (Lipinski definition) is 2. The van der Waals surface area contributed by atoms with Crippen LogP contribution in [0, 0.1) is 5.41 Å². The van der Waals surface area contributed by atoms with Crippen LogP contribution in [0.4, 0.5) is 0 Å². The largest absolute Gasteiger partial charge is 0.379 e. The van der Waals surface area contributed by atoms with Crippen molar-refractivity contribution < 1.29 is 0 Å². The summed E-state index contributed by atoms with van der Waals surface area (Å²) in [6.07, 6.45) is 2.33. The van der Waals surface area contributed by atoms with Gasteiger partial charge < -0.3 is 10.6 Å². The first-order chi connectivity index (χ1) is 5.13. The highest BCUT2D eigenvalue weighted by atomic mass is 35.5. The standard InChI is InChI=1S/C7H17N3S.ClH/c1-10(2)5-3-4-6-11-7(8)9;/h3-6H2,1-2H3,(H3,8,9);1H. The molecule has 0 amide bonds. The molecule has 0 heterocycles. The van der Waals surface area contributed by atoms with Crippen molar-refractivity contribution in [2.45, 2.75) is 12.8 Å². The zero-order chi connectivity index (χ0) is 8.69. The summed E-state index contributed by atoms with van der Waals surface area (Å²) in [7, 11) is 4.14. The van der Waals surface area contributed by atoms with E-state index < -0.39 is 0 Å². The zero-order valence-electron chi connectivity index (χ0n) is 7.67. The molecule has 3 nitrogen and oxygen atoms in total. The Morgan fingerprint density at radius 1 is 1.42 bits per heavy atom. The summed E-state index contributed by atoms with van der Waals surface area (Å²) >= 11 is 1.43. The molecule has 0 aliphatic heterocycles. The molecule has 0 bridgehead atoms. The number of hydrogen-bond acceptors (Lipinski definition) is 3. The molecule has 0 atom stereocenters. The molecule has 0 aromatic rings. The SMILES string of the molecule is CN(C)CCCCSC(=N)N.Cl. The first-order valence-electron chi connectivity index (χ1n) is 3.74. The molecule has 0 rings (SSSR count). The van der Waals surface area contributed by atoms with Crippen molar-refractivity contribution in [2.75, 3.05) is 26.4 Å². The number of rotatable bonds is 5. The Hall–Kier alpha value is 0.0700. The second-order valence-corrected chi connectivity index (χ2v) is 3.86. The number of nitrogens with zero attached hydrogens (tertiary/aromatic N) is 1. The molecule has 0 aliphatic rings. The normalized spacial score (nSPS) is 9.58. The summed E-state index contributed by atoms with van der Waals surface area (Å²) in [4.78, 5) is 2.17. The van der Waals surface area contributed by atoms with Crippen molar-refractivity contribution in [1.29, 1.82) is 5.41 Å². The van der Waals surface area contributed by atoms with E-state index in [-0.39, 0.29) is 17.6 Å². The predicted molar refractivity (Wildman–Crippen MR) is 59.4 cm³/mol. The van der Waals surface area contributed by atoms with Gasteiger partial charge in [-0.05, 0) is 33.5 Å². The number of halogens is 1. The lowest BCUT2D eigenvalue weighted by molar-refractivity contribution is 0.399. The highest BCUT2D eigenvalue weighted by Gasteiger charge is 1.92. The van der Waals surface area contributed by atoms with E-state index in [0.717, 1.165) is 18.7 Å². The van der Waals surface area contributed by atoms with E-state index in [1.54, 1.807) is 0 Å². The van der Waals surface area contributed by atoms with E-state index >= 15 is 0 Å². The van der Waals surface area contributed by atoms with Crippen molar-refractivity contribution in [3.8, 4) is 0 Å². The monoisotopic (exact) mass is 211 g/mol. The summed E-state index contributed by atoms with van der Waals surface area (Å²) in [5.41, 5.74) is 5.17. The van der Waals surface area contributed by atoms with Gasteiger partial charge in [-0.25, -0.2) is 0 Å². The van der Waals surface area contributed by atoms with Crippen molar-refractivity contribution in [2.24, 2.45) is 5.73 Å². The smallest absolute Gasteiger partial charge is 0.151 e. The average molecular weight is 212 g/mol. The van der Waals surface area contributed by atoms with E-state index in [4.69, 9.17) is 11.1 Å². The minimum atomic E-state index is 0. The summed E-state index contributed by atoms with van der Waals surface area (Å²) in [5.74, 6) is 0.975. The van der Waals surface area contributed by atoms with E-state index in [2.05, 4.69) is 19.0 Å². The Bertz CT molecular complexity index is 119. The van der Waals surface area contributed by atoms with Crippen molar-refractivity contribution >= 4 is 29.3 Å². The number of nitrogens with two attached hydrogens (primary N) is 1.